The van der Waals surface area contributed by atoms with E-state index in [0.29, 0.717) is 5.02 Å². The van der Waals surface area contributed by atoms with Crippen molar-refractivity contribution in [1.29, 1.82) is 0 Å². The Labute approximate surface area is 75.5 Å². The molecule has 1 aliphatic carbocycles. The number of hydrogen-bond acceptors (Lipinski definition) is 2. The number of aryl methyl sites for hydroxylation is 1. The minimum Gasteiger partial charge on any atom is -0.411 e. The third-order valence-corrected chi connectivity index (χ3v) is 2.37. The van der Waals surface area contributed by atoms with E-state index in [9.17, 15) is 0 Å². The summed E-state index contributed by atoms with van der Waals surface area (Å²) in [6.45, 7) is 0. The van der Waals surface area contributed by atoms with Crippen LogP contribution < -0.4 is 0 Å². The lowest BCUT2D eigenvalue weighted by Gasteiger charge is -1.97. The predicted octanol–water partition coefficient (Wildman–Crippen LogP) is 2.46. The highest BCUT2D eigenvalue weighted by Crippen LogP contribution is 2.25. The SMILES string of the molecule is O/N=C1\CCc2ccc(Cl)cc21. The lowest BCUT2D eigenvalue weighted by atomic mass is 10.1. The van der Waals surface area contributed by atoms with Gasteiger partial charge in [-0.25, -0.2) is 0 Å². The average molecular weight is 182 g/mol. The molecule has 2 nitrogen and oxygen atoms in total. The summed E-state index contributed by atoms with van der Waals surface area (Å²) < 4.78 is 0. The fraction of sp³-hybridized carbons (Fsp3) is 0.222. The van der Waals surface area contributed by atoms with E-state index >= 15 is 0 Å². The Morgan fingerprint density at radius 1 is 1.33 bits per heavy atom. The smallest absolute Gasteiger partial charge is 0.0874 e. The number of halogens is 1. The molecule has 3 heteroatoms. The van der Waals surface area contributed by atoms with Crippen LogP contribution in [0.5, 0.6) is 0 Å². The van der Waals surface area contributed by atoms with Crippen LogP contribution in [0, 0.1) is 0 Å². The standard InChI is InChI=1S/C9H8ClNO/c10-7-3-1-6-2-4-9(11-12)8(6)5-7/h1,3,5,12H,2,4H2/b11-9+. The van der Waals surface area contributed by atoms with Crippen LogP contribution in [-0.2, 0) is 6.42 Å². The van der Waals surface area contributed by atoms with E-state index in [4.69, 9.17) is 16.8 Å². The number of nitrogens with zero attached hydrogens (tertiary/aromatic N) is 1. The molecular weight excluding hydrogens is 174 g/mol. The van der Waals surface area contributed by atoms with Crippen molar-refractivity contribution in [2.45, 2.75) is 12.8 Å². The molecule has 0 aromatic heterocycles. The molecule has 0 amide bonds. The summed E-state index contributed by atoms with van der Waals surface area (Å²) in [5.74, 6) is 0. The fourth-order valence-corrected chi connectivity index (χ4v) is 1.70. The molecule has 12 heavy (non-hydrogen) atoms. The van der Waals surface area contributed by atoms with Crippen LogP contribution in [0.25, 0.3) is 0 Å². The van der Waals surface area contributed by atoms with Gasteiger partial charge in [0.25, 0.3) is 0 Å². The molecule has 0 spiro atoms. The molecule has 2 rings (SSSR count). The van der Waals surface area contributed by atoms with E-state index in [1.54, 1.807) is 0 Å². The Bertz CT molecular complexity index is 346. The second kappa shape index (κ2) is 2.79. The largest absolute Gasteiger partial charge is 0.411 e. The third-order valence-electron chi connectivity index (χ3n) is 2.13. The van der Waals surface area contributed by atoms with Gasteiger partial charge in [0.05, 0.1) is 5.71 Å². The molecule has 0 aliphatic heterocycles. The van der Waals surface area contributed by atoms with Crippen molar-refractivity contribution >= 4 is 17.3 Å². The third kappa shape index (κ3) is 1.08. The molecule has 0 bridgehead atoms. The van der Waals surface area contributed by atoms with Crippen LogP contribution in [-0.4, -0.2) is 10.9 Å². The second-order valence-electron chi connectivity index (χ2n) is 2.85. The topological polar surface area (TPSA) is 32.6 Å². The van der Waals surface area contributed by atoms with Crippen molar-refractivity contribution in [2.24, 2.45) is 5.16 Å². The zero-order valence-electron chi connectivity index (χ0n) is 6.42. The van der Waals surface area contributed by atoms with E-state index in [1.165, 1.54) is 5.56 Å². The fourth-order valence-electron chi connectivity index (χ4n) is 1.53. The van der Waals surface area contributed by atoms with Crippen LogP contribution in [0.1, 0.15) is 17.5 Å². The summed E-state index contributed by atoms with van der Waals surface area (Å²) in [6.07, 6.45) is 1.76. The van der Waals surface area contributed by atoms with Crippen molar-refractivity contribution in [3.05, 3.63) is 34.3 Å². The molecule has 1 aliphatic rings. The van der Waals surface area contributed by atoms with Gasteiger partial charge in [-0.05, 0) is 30.5 Å². The van der Waals surface area contributed by atoms with Crippen LogP contribution in [0.2, 0.25) is 5.02 Å². The first-order chi connectivity index (χ1) is 5.81. The summed E-state index contributed by atoms with van der Waals surface area (Å²) in [5, 5.41) is 12.6. The maximum atomic E-state index is 8.65. The molecular formula is C9H8ClNO. The minimum absolute atomic E-state index is 0.691. The number of fused-ring (bicyclic) bond motifs is 1. The van der Waals surface area contributed by atoms with Gasteiger partial charge >= 0.3 is 0 Å². The molecule has 0 heterocycles. The Hall–Kier alpha value is -1.02. The number of rotatable bonds is 0. The van der Waals surface area contributed by atoms with Crippen molar-refractivity contribution in [2.75, 3.05) is 0 Å². The summed E-state index contributed by atoms with van der Waals surface area (Å²) in [7, 11) is 0. The molecule has 0 saturated heterocycles. The highest BCUT2D eigenvalue weighted by Gasteiger charge is 2.17. The Balaban J connectivity index is 2.57. The Kier molecular flexibility index (Phi) is 1.77. The van der Waals surface area contributed by atoms with E-state index in [2.05, 4.69) is 5.16 Å². The van der Waals surface area contributed by atoms with Gasteiger partial charge in [-0.3, -0.25) is 0 Å². The van der Waals surface area contributed by atoms with Crippen LogP contribution in [0.4, 0.5) is 0 Å². The molecule has 0 fully saturated rings. The van der Waals surface area contributed by atoms with Gasteiger partial charge in [-0.2, -0.15) is 0 Å². The van der Waals surface area contributed by atoms with Gasteiger partial charge < -0.3 is 5.21 Å². The zero-order valence-corrected chi connectivity index (χ0v) is 7.17. The molecule has 1 aromatic rings. The van der Waals surface area contributed by atoms with Gasteiger partial charge in [0.1, 0.15) is 0 Å². The van der Waals surface area contributed by atoms with Gasteiger partial charge in [0.15, 0.2) is 0 Å². The quantitative estimate of drug-likeness (QED) is 0.484. The first-order valence-corrected chi connectivity index (χ1v) is 4.19. The molecule has 1 N–H and O–H groups in total. The average Bonchev–Trinajstić information content (AvgIpc) is 2.46. The van der Waals surface area contributed by atoms with E-state index in [0.717, 1.165) is 24.1 Å². The van der Waals surface area contributed by atoms with Crippen LogP contribution in [0.15, 0.2) is 23.4 Å². The molecule has 0 radical (unpaired) electrons. The summed E-state index contributed by atoms with van der Waals surface area (Å²) in [5.41, 5.74) is 2.95. The summed E-state index contributed by atoms with van der Waals surface area (Å²) in [4.78, 5) is 0. The number of benzene rings is 1. The zero-order chi connectivity index (χ0) is 8.55. The first-order valence-electron chi connectivity index (χ1n) is 3.81. The maximum absolute atomic E-state index is 8.65. The monoisotopic (exact) mass is 181 g/mol. The highest BCUT2D eigenvalue weighted by molar-refractivity contribution is 6.31. The van der Waals surface area contributed by atoms with E-state index in [1.807, 2.05) is 18.2 Å². The summed E-state index contributed by atoms with van der Waals surface area (Å²) >= 11 is 5.81. The Morgan fingerprint density at radius 3 is 2.92 bits per heavy atom. The van der Waals surface area contributed by atoms with Crippen molar-refractivity contribution in [1.82, 2.24) is 0 Å². The molecule has 1 aromatic carbocycles. The van der Waals surface area contributed by atoms with Crippen molar-refractivity contribution in [3.63, 3.8) is 0 Å². The number of oxime groups is 1. The summed E-state index contributed by atoms with van der Waals surface area (Å²) in [6, 6.07) is 5.69. The highest BCUT2D eigenvalue weighted by atomic mass is 35.5. The first kappa shape index (κ1) is 7.62. The predicted molar refractivity (Wildman–Crippen MR) is 48.1 cm³/mol. The van der Waals surface area contributed by atoms with Gasteiger partial charge in [-0.1, -0.05) is 22.8 Å². The van der Waals surface area contributed by atoms with Crippen LogP contribution >= 0.6 is 11.6 Å². The van der Waals surface area contributed by atoms with Crippen molar-refractivity contribution in [3.8, 4) is 0 Å². The lowest BCUT2D eigenvalue weighted by Crippen LogP contribution is -1.93. The Morgan fingerprint density at radius 2 is 2.17 bits per heavy atom. The minimum atomic E-state index is 0.691. The van der Waals surface area contributed by atoms with Crippen molar-refractivity contribution < 1.29 is 5.21 Å². The second-order valence-corrected chi connectivity index (χ2v) is 3.28. The van der Waals surface area contributed by atoms with E-state index < -0.39 is 0 Å². The van der Waals surface area contributed by atoms with Gasteiger partial charge in [0, 0.05) is 10.6 Å². The molecule has 0 atom stereocenters. The molecule has 0 unspecified atom stereocenters. The number of hydrogen-bond donors (Lipinski definition) is 1. The van der Waals surface area contributed by atoms with Gasteiger partial charge in [0.2, 0.25) is 0 Å². The normalized spacial score (nSPS) is 18.2. The van der Waals surface area contributed by atoms with Gasteiger partial charge in [-0.15, -0.1) is 0 Å². The lowest BCUT2D eigenvalue weighted by molar-refractivity contribution is 0.318. The van der Waals surface area contributed by atoms with E-state index in [-0.39, 0.29) is 0 Å². The molecule has 0 saturated carbocycles. The van der Waals surface area contributed by atoms with Crippen LogP contribution in [0.3, 0.4) is 0 Å². The maximum Gasteiger partial charge on any atom is 0.0874 e. The molecule has 62 valence electrons.